The number of aromatic nitrogens is 3. The van der Waals surface area contributed by atoms with E-state index >= 15 is 0 Å². The number of rotatable bonds is 3. The summed E-state index contributed by atoms with van der Waals surface area (Å²) in [6.07, 6.45) is 1.48. The van der Waals surface area contributed by atoms with Crippen molar-refractivity contribution in [2.24, 2.45) is 0 Å². The van der Waals surface area contributed by atoms with Crippen molar-refractivity contribution < 1.29 is 4.39 Å². The Morgan fingerprint density at radius 1 is 1.30 bits per heavy atom. The summed E-state index contributed by atoms with van der Waals surface area (Å²) in [4.78, 5) is 16.3. The second-order valence-corrected chi connectivity index (χ2v) is 6.70. The summed E-state index contributed by atoms with van der Waals surface area (Å²) >= 11 is 2.89. The van der Waals surface area contributed by atoms with Gasteiger partial charge < -0.3 is 0 Å². The number of hydrogen-bond acceptors (Lipinski definition) is 5. The Hall–Kier alpha value is -1.73. The highest BCUT2D eigenvalue weighted by molar-refractivity contribution is 8.01. The van der Waals surface area contributed by atoms with E-state index in [0.717, 1.165) is 9.90 Å². The number of thioether (sulfide) groups is 1. The zero-order valence-corrected chi connectivity index (χ0v) is 12.1. The molecule has 1 aromatic carbocycles. The first kappa shape index (κ1) is 13.3. The Kier molecular flexibility index (Phi) is 3.54. The molecule has 0 amide bonds. The predicted molar refractivity (Wildman–Crippen MR) is 77.8 cm³/mol. The molecule has 4 nitrogen and oxygen atoms in total. The lowest BCUT2D eigenvalue weighted by atomic mass is 10.2. The average Bonchev–Trinajstić information content (AvgIpc) is 2.83. The van der Waals surface area contributed by atoms with Gasteiger partial charge in [-0.2, -0.15) is 4.52 Å². The van der Waals surface area contributed by atoms with Crippen LogP contribution in [0.15, 0.2) is 45.7 Å². The number of halogens is 1. The molecule has 0 N–H and O–H groups in total. The van der Waals surface area contributed by atoms with Crippen LogP contribution in [0.25, 0.3) is 4.96 Å². The summed E-state index contributed by atoms with van der Waals surface area (Å²) in [6, 6.07) is 7.77. The fourth-order valence-corrected chi connectivity index (χ4v) is 3.91. The standard InChI is InChI=1S/C13H10FN3OS2/c1-8(9-2-4-10(14)5-3-9)19-13-16-17-11(18)6-7-15-12(17)20-13/h2-8H,1H3. The minimum absolute atomic E-state index is 0.117. The SMILES string of the molecule is CC(Sc1nn2c(=O)ccnc2s1)c1ccc(F)cc1. The monoisotopic (exact) mass is 307 g/mol. The predicted octanol–water partition coefficient (Wildman–Crippen LogP) is 3.14. The molecule has 0 radical (unpaired) electrons. The van der Waals surface area contributed by atoms with Crippen LogP contribution in [0.3, 0.4) is 0 Å². The lowest BCUT2D eigenvalue weighted by Crippen LogP contribution is -2.12. The van der Waals surface area contributed by atoms with E-state index in [2.05, 4.69) is 10.1 Å². The van der Waals surface area contributed by atoms with Gasteiger partial charge in [-0.1, -0.05) is 35.2 Å². The summed E-state index contributed by atoms with van der Waals surface area (Å²) in [5.41, 5.74) is 0.823. The molecule has 0 saturated carbocycles. The van der Waals surface area contributed by atoms with Gasteiger partial charge in [0.2, 0.25) is 4.96 Å². The number of fused-ring (bicyclic) bond motifs is 1. The molecule has 2 heterocycles. The summed E-state index contributed by atoms with van der Waals surface area (Å²) in [5.74, 6) is -0.248. The molecule has 1 atom stereocenters. The molecule has 1 unspecified atom stereocenters. The molecule has 0 aliphatic rings. The Labute approximate surface area is 122 Å². The van der Waals surface area contributed by atoms with Crippen LogP contribution >= 0.6 is 23.1 Å². The molecule has 0 bridgehead atoms. The van der Waals surface area contributed by atoms with Crippen molar-refractivity contribution in [2.75, 3.05) is 0 Å². The summed E-state index contributed by atoms with van der Waals surface area (Å²) < 4.78 is 15.0. The van der Waals surface area contributed by atoms with E-state index in [1.807, 2.05) is 6.92 Å². The van der Waals surface area contributed by atoms with Crippen LogP contribution in [0.1, 0.15) is 17.7 Å². The Bertz CT molecular complexity index is 797. The van der Waals surface area contributed by atoms with Crippen LogP contribution in [0.4, 0.5) is 4.39 Å². The van der Waals surface area contributed by atoms with Crippen LogP contribution in [-0.2, 0) is 0 Å². The fourth-order valence-electron chi connectivity index (χ4n) is 1.73. The van der Waals surface area contributed by atoms with E-state index in [4.69, 9.17) is 0 Å². The van der Waals surface area contributed by atoms with Gasteiger partial charge >= 0.3 is 0 Å². The average molecular weight is 307 g/mol. The van der Waals surface area contributed by atoms with E-state index in [-0.39, 0.29) is 16.6 Å². The van der Waals surface area contributed by atoms with Crippen molar-refractivity contribution >= 4 is 28.1 Å². The van der Waals surface area contributed by atoms with E-state index < -0.39 is 0 Å². The molecule has 3 rings (SSSR count). The zero-order valence-electron chi connectivity index (χ0n) is 10.5. The highest BCUT2D eigenvalue weighted by Gasteiger charge is 2.12. The van der Waals surface area contributed by atoms with Gasteiger partial charge in [0.1, 0.15) is 5.82 Å². The minimum atomic E-state index is -0.248. The number of nitrogens with zero attached hydrogens (tertiary/aromatic N) is 3. The Morgan fingerprint density at radius 3 is 2.75 bits per heavy atom. The van der Waals surface area contributed by atoms with E-state index in [1.54, 1.807) is 12.1 Å². The molecule has 0 aliphatic carbocycles. The zero-order chi connectivity index (χ0) is 14.1. The second-order valence-electron chi connectivity index (χ2n) is 4.16. The van der Waals surface area contributed by atoms with E-state index in [9.17, 15) is 9.18 Å². The molecular formula is C13H10FN3OS2. The highest BCUT2D eigenvalue weighted by Crippen LogP contribution is 2.36. The van der Waals surface area contributed by atoms with Gasteiger partial charge in [0.05, 0.1) is 0 Å². The number of benzene rings is 1. The number of hydrogen-bond donors (Lipinski definition) is 0. The van der Waals surface area contributed by atoms with Gasteiger partial charge in [0.15, 0.2) is 4.34 Å². The van der Waals surface area contributed by atoms with Crippen molar-refractivity contribution in [3.8, 4) is 0 Å². The topological polar surface area (TPSA) is 47.3 Å². The molecule has 0 saturated heterocycles. The van der Waals surface area contributed by atoms with Crippen molar-refractivity contribution in [3.05, 3.63) is 58.3 Å². The summed E-state index contributed by atoms with van der Waals surface area (Å²) in [6.45, 7) is 2.01. The summed E-state index contributed by atoms with van der Waals surface area (Å²) in [5, 5.41) is 4.36. The maximum Gasteiger partial charge on any atom is 0.275 e. The van der Waals surface area contributed by atoms with Gasteiger partial charge in [0.25, 0.3) is 5.56 Å². The van der Waals surface area contributed by atoms with Crippen molar-refractivity contribution in [2.45, 2.75) is 16.5 Å². The minimum Gasteiger partial charge on any atom is -0.267 e. The van der Waals surface area contributed by atoms with Gasteiger partial charge in [-0.05, 0) is 24.6 Å². The third-order valence-electron chi connectivity index (χ3n) is 2.77. The van der Waals surface area contributed by atoms with E-state index in [0.29, 0.717) is 4.96 Å². The maximum absolute atomic E-state index is 12.9. The normalized spacial score (nSPS) is 12.7. The molecule has 0 fully saturated rings. The second kappa shape index (κ2) is 5.34. The molecule has 0 aliphatic heterocycles. The van der Waals surface area contributed by atoms with Gasteiger partial charge in [0, 0.05) is 17.5 Å². The van der Waals surface area contributed by atoms with Crippen molar-refractivity contribution in [1.82, 2.24) is 14.6 Å². The van der Waals surface area contributed by atoms with Crippen LogP contribution < -0.4 is 5.56 Å². The molecule has 20 heavy (non-hydrogen) atoms. The largest absolute Gasteiger partial charge is 0.275 e. The van der Waals surface area contributed by atoms with E-state index in [1.165, 1.54) is 52.0 Å². The van der Waals surface area contributed by atoms with Gasteiger partial charge in [-0.15, -0.1) is 5.10 Å². The lowest BCUT2D eigenvalue weighted by molar-refractivity contribution is 0.627. The third-order valence-corrected chi connectivity index (χ3v) is 4.93. The first-order valence-corrected chi connectivity index (χ1v) is 7.60. The molecule has 2 aromatic heterocycles. The molecule has 3 aromatic rings. The molecule has 7 heteroatoms. The van der Waals surface area contributed by atoms with Crippen molar-refractivity contribution in [3.63, 3.8) is 0 Å². The lowest BCUT2D eigenvalue weighted by Gasteiger charge is -2.08. The fraction of sp³-hybridized carbons (Fsp3) is 0.154. The van der Waals surface area contributed by atoms with Crippen LogP contribution in [0, 0.1) is 5.82 Å². The summed E-state index contributed by atoms with van der Waals surface area (Å²) in [7, 11) is 0. The molecule has 0 spiro atoms. The Balaban J connectivity index is 1.87. The third kappa shape index (κ3) is 2.59. The molecule has 102 valence electrons. The Morgan fingerprint density at radius 2 is 2.05 bits per heavy atom. The van der Waals surface area contributed by atoms with Crippen LogP contribution in [0.5, 0.6) is 0 Å². The highest BCUT2D eigenvalue weighted by atomic mass is 32.2. The van der Waals surface area contributed by atoms with Gasteiger partial charge in [-0.3, -0.25) is 4.79 Å². The first-order chi connectivity index (χ1) is 9.63. The molecular weight excluding hydrogens is 297 g/mol. The van der Waals surface area contributed by atoms with Crippen LogP contribution in [0.2, 0.25) is 0 Å². The van der Waals surface area contributed by atoms with Crippen LogP contribution in [-0.4, -0.2) is 14.6 Å². The van der Waals surface area contributed by atoms with Crippen molar-refractivity contribution in [1.29, 1.82) is 0 Å². The quantitative estimate of drug-likeness (QED) is 0.697. The maximum atomic E-state index is 12.9. The van der Waals surface area contributed by atoms with Gasteiger partial charge in [-0.25, -0.2) is 9.37 Å². The first-order valence-electron chi connectivity index (χ1n) is 5.90. The smallest absolute Gasteiger partial charge is 0.267 e.